The Hall–Kier alpha value is -3.19. The predicted octanol–water partition coefficient (Wildman–Crippen LogP) is 4.45. The van der Waals surface area contributed by atoms with Gasteiger partial charge in [0.2, 0.25) is 0 Å². The minimum Gasteiger partial charge on any atom is -0.346 e. The summed E-state index contributed by atoms with van der Waals surface area (Å²) in [5.41, 5.74) is 4.12. The molecule has 146 valence electrons. The van der Waals surface area contributed by atoms with Crippen LogP contribution in [-0.4, -0.2) is 25.5 Å². The van der Waals surface area contributed by atoms with Gasteiger partial charge in [0.05, 0.1) is 15.9 Å². The van der Waals surface area contributed by atoms with Gasteiger partial charge in [-0.2, -0.15) is 10.2 Å². The zero-order valence-electron chi connectivity index (χ0n) is 15.9. The van der Waals surface area contributed by atoms with Crippen LogP contribution in [0.3, 0.4) is 0 Å². The van der Waals surface area contributed by atoms with Crippen molar-refractivity contribution >= 4 is 21.8 Å². The number of aryl methyl sites for hydroxylation is 1. The largest absolute Gasteiger partial charge is 0.346 e. The Kier molecular flexibility index (Phi) is 5.57. The quantitative estimate of drug-likeness (QED) is 0.472. The summed E-state index contributed by atoms with van der Waals surface area (Å²) >= 11 is 3.41. The molecule has 1 N–H and O–H groups in total. The number of nitrogens with one attached hydrogen (secondary N) is 1. The summed E-state index contributed by atoms with van der Waals surface area (Å²) in [7, 11) is 0. The number of nitrogens with zero attached hydrogens (tertiary/aromatic N) is 4. The zero-order chi connectivity index (χ0) is 20.2. The third-order valence-electron chi connectivity index (χ3n) is 4.55. The molecule has 29 heavy (non-hydrogen) atoms. The fraction of sp³-hybridized carbons (Fsp3) is 0.136. The highest BCUT2D eigenvalue weighted by molar-refractivity contribution is 9.10. The molecule has 0 saturated heterocycles. The SMILES string of the molecule is CCn1cc(Br)c(C(=O)NCc2cn(-c3ccccc3)nc2-c2ccccc2)n1. The number of carbonyl (C=O) groups is 1. The van der Waals surface area contributed by atoms with Crippen LogP contribution in [-0.2, 0) is 13.1 Å². The van der Waals surface area contributed by atoms with E-state index in [9.17, 15) is 4.79 Å². The highest BCUT2D eigenvalue weighted by atomic mass is 79.9. The molecule has 0 unspecified atom stereocenters. The van der Waals surface area contributed by atoms with E-state index in [0.717, 1.165) is 22.5 Å². The normalized spacial score (nSPS) is 10.8. The molecule has 0 aliphatic carbocycles. The highest BCUT2D eigenvalue weighted by Gasteiger charge is 2.17. The van der Waals surface area contributed by atoms with Crippen LogP contribution in [0.5, 0.6) is 0 Å². The van der Waals surface area contributed by atoms with Gasteiger partial charge in [-0.1, -0.05) is 48.5 Å². The molecule has 0 aliphatic rings. The number of hydrogen-bond donors (Lipinski definition) is 1. The average Bonchev–Trinajstić information content (AvgIpc) is 3.37. The molecule has 1 amide bonds. The summed E-state index contributed by atoms with van der Waals surface area (Å²) in [5.74, 6) is -0.226. The Bertz CT molecular complexity index is 1120. The van der Waals surface area contributed by atoms with Crippen molar-refractivity contribution in [3.8, 4) is 16.9 Å². The maximum atomic E-state index is 12.6. The van der Waals surface area contributed by atoms with Gasteiger partial charge in [0.25, 0.3) is 5.91 Å². The van der Waals surface area contributed by atoms with Crippen molar-refractivity contribution in [1.29, 1.82) is 0 Å². The second-order valence-electron chi connectivity index (χ2n) is 6.51. The van der Waals surface area contributed by atoms with Gasteiger partial charge in [-0.15, -0.1) is 0 Å². The van der Waals surface area contributed by atoms with Crippen molar-refractivity contribution in [3.63, 3.8) is 0 Å². The number of halogens is 1. The van der Waals surface area contributed by atoms with Crippen LogP contribution < -0.4 is 5.32 Å². The Morgan fingerprint density at radius 1 is 1.00 bits per heavy atom. The van der Waals surface area contributed by atoms with Gasteiger partial charge in [-0.3, -0.25) is 9.48 Å². The summed E-state index contributed by atoms with van der Waals surface area (Å²) in [6.45, 7) is 3.03. The van der Waals surface area contributed by atoms with Crippen molar-refractivity contribution in [2.24, 2.45) is 0 Å². The van der Waals surface area contributed by atoms with E-state index in [2.05, 4.69) is 26.3 Å². The Balaban J connectivity index is 1.62. The number of benzene rings is 2. The lowest BCUT2D eigenvalue weighted by atomic mass is 10.1. The van der Waals surface area contributed by atoms with E-state index in [-0.39, 0.29) is 5.91 Å². The molecular weight excluding hydrogens is 430 g/mol. The Morgan fingerprint density at radius 2 is 1.69 bits per heavy atom. The lowest BCUT2D eigenvalue weighted by molar-refractivity contribution is 0.0944. The van der Waals surface area contributed by atoms with E-state index in [1.807, 2.05) is 78.5 Å². The van der Waals surface area contributed by atoms with Crippen molar-refractivity contribution in [3.05, 3.63) is 88.8 Å². The molecule has 0 spiro atoms. The third kappa shape index (κ3) is 4.14. The maximum Gasteiger partial charge on any atom is 0.273 e. The van der Waals surface area contributed by atoms with E-state index >= 15 is 0 Å². The molecule has 0 bridgehead atoms. The Labute approximate surface area is 177 Å². The van der Waals surface area contributed by atoms with Crippen molar-refractivity contribution < 1.29 is 4.79 Å². The van der Waals surface area contributed by atoms with Gasteiger partial charge in [0, 0.05) is 36.6 Å². The smallest absolute Gasteiger partial charge is 0.273 e. The summed E-state index contributed by atoms with van der Waals surface area (Å²) in [5, 5.41) is 12.1. The first kappa shape index (κ1) is 19.1. The number of hydrogen-bond acceptors (Lipinski definition) is 3. The zero-order valence-corrected chi connectivity index (χ0v) is 17.5. The summed E-state index contributed by atoms with van der Waals surface area (Å²) < 4.78 is 4.24. The number of amides is 1. The van der Waals surface area contributed by atoms with Crippen LogP contribution >= 0.6 is 15.9 Å². The fourth-order valence-corrected chi connectivity index (χ4v) is 3.56. The number of carbonyl (C=O) groups excluding carboxylic acids is 1. The highest BCUT2D eigenvalue weighted by Crippen LogP contribution is 2.24. The molecule has 2 aromatic carbocycles. The molecule has 0 radical (unpaired) electrons. The minimum absolute atomic E-state index is 0.226. The van der Waals surface area contributed by atoms with Gasteiger partial charge in [-0.25, -0.2) is 4.68 Å². The maximum absolute atomic E-state index is 12.6. The average molecular weight is 450 g/mol. The monoisotopic (exact) mass is 449 g/mol. The molecule has 4 rings (SSSR count). The molecular formula is C22H20BrN5O. The standard InChI is InChI=1S/C22H20BrN5O/c1-2-27-15-19(23)21(25-27)22(29)24-13-17-14-28(18-11-7-4-8-12-18)26-20(17)16-9-5-3-6-10-16/h3-12,14-15H,2,13H2,1H3,(H,24,29). The van der Waals surface area contributed by atoms with Crippen LogP contribution in [0.4, 0.5) is 0 Å². The van der Waals surface area contributed by atoms with Crippen molar-refractivity contribution in [2.45, 2.75) is 20.0 Å². The van der Waals surface area contributed by atoms with Crippen molar-refractivity contribution in [2.75, 3.05) is 0 Å². The molecule has 0 fully saturated rings. The van der Waals surface area contributed by atoms with E-state index in [1.54, 1.807) is 10.9 Å². The van der Waals surface area contributed by atoms with Crippen molar-refractivity contribution in [1.82, 2.24) is 24.9 Å². The van der Waals surface area contributed by atoms with E-state index in [4.69, 9.17) is 5.10 Å². The van der Waals surface area contributed by atoms with Crippen LogP contribution in [0.1, 0.15) is 23.0 Å². The number of aromatic nitrogens is 4. The molecule has 0 atom stereocenters. The first-order valence-corrected chi connectivity index (χ1v) is 10.2. The van der Waals surface area contributed by atoms with Gasteiger partial charge >= 0.3 is 0 Å². The lowest BCUT2D eigenvalue weighted by Gasteiger charge is -2.04. The van der Waals surface area contributed by atoms with Crippen LogP contribution in [0.2, 0.25) is 0 Å². The second-order valence-corrected chi connectivity index (χ2v) is 7.37. The predicted molar refractivity (Wildman–Crippen MR) is 116 cm³/mol. The van der Waals surface area contributed by atoms with Gasteiger partial charge in [-0.05, 0) is 35.0 Å². The molecule has 0 saturated carbocycles. The molecule has 7 heteroatoms. The van der Waals surface area contributed by atoms with E-state index in [0.29, 0.717) is 23.3 Å². The Morgan fingerprint density at radius 3 is 2.34 bits per heavy atom. The van der Waals surface area contributed by atoms with Crippen LogP contribution in [0, 0.1) is 0 Å². The second kappa shape index (κ2) is 8.45. The van der Waals surface area contributed by atoms with Gasteiger partial charge in [0.15, 0.2) is 5.69 Å². The number of para-hydroxylation sites is 1. The molecule has 2 aromatic heterocycles. The first-order chi connectivity index (χ1) is 14.2. The molecule has 4 aromatic rings. The fourth-order valence-electron chi connectivity index (χ4n) is 3.06. The minimum atomic E-state index is -0.226. The third-order valence-corrected chi connectivity index (χ3v) is 5.13. The van der Waals surface area contributed by atoms with E-state index in [1.165, 1.54) is 0 Å². The molecule has 2 heterocycles. The number of rotatable bonds is 6. The topological polar surface area (TPSA) is 64.7 Å². The summed E-state index contributed by atoms with van der Waals surface area (Å²) in [4.78, 5) is 12.6. The summed E-state index contributed by atoms with van der Waals surface area (Å²) in [6.07, 6.45) is 3.76. The van der Waals surface area contributed by atoms with Gasteiger partial charge in [0.1, 0.15) is 0 Å². The first-order valence-electron chi connectivity index (χ1n) is 9.36. The van der Waals surface area contributed by atoms with Crippen LogP contribution in [0.15, 0.2) is 77.5 Å². The van der Waals surface area contributed by atoms with Gasteiger partial charge < -0.3 is 5.32 Å². The van der Waals surface area contributed by atoms with E-state index < -0.39 is 0 Å². The lowest BCUT2D eigenvalue weighted by Crippen LogP contribution is -2.24. The molecule has 0 aliphatic heterocycles. The van der Waals surface area contributed by atoms with Crippen LogP contribution in [0.25, 0.3) is 16.9 Å². The summed E-state index contributed by atoms with van der Waals surface area (Å²) in [6, 6.07) is 19.9. The molecule has 6 nitrogen and oxygen atoms in total.